The highest BCUT2D eigenvalue weighted by Gasteiger charge is 2.08. The molecule has 0 aromatic carbocycles. The molecule has 0 aliphatic heterocycles. The van der Waals surface area contributed by atoms with Gasteiger partial charge >= 0.3 is 5.97 Å². The third-order valence-corrected chi connectivity index (χ3v) is 3.30. The zero-order valence-electron chi connectivity index (χ0n) is 9.77. The number of hydrogen-bond donors (Lipinski definition) is 1. The van der Waals surface area contributed by atoms with Gasteiger partial charge in [0.05, 0.1) is 12.1 Å². The summed E-state index contributed by atoms with van der Waals surface area (Å²) in [6.45, 7) is 3.15. The van der Waals surface area contributed by atoms with E-state index >= 15 is 0 Å². The van der Waals surface area contributed by atoms with Gasteiger partial charge in [0.25, 0.3) is 0 Å². The first-order chi connectivity index (χ1) is 7.63. The molecule has 5 heteroatoms. The fourth-order valence-corrected chi connectivity index (χ4v) is 2.22. The maximum absolute atomic E-state index is 10.5. The molecule has 16 heavy (non-hydrogen) atoms. The van der Waals surface area contributed by atoms with Crippen molar-refractivity contribution in [3.8, 4) is 0 Å². The van der Waals surface area contributed by atoms with Gasteiger partial charge in [-0.25, -0.2) is 4.98 Å². The van der Waals surface area contributed by atoms with Gasteiger partial charge in [-0.3, -0.25) is 4.79 Å². The van der Waals surface area contributed by atoms with Crippen LogP contribution in [0.4, 0.5) is 5.13 Å². The summed E-state index contributed by atoms with van der Waals surface area (Å²) in [4.78, 5) is 16.9. The number of anilines is 1. The number of hydrogen-bond acceptors (Lipinski definition) is 4. The Hall–Kier alpha value is -1.10. The predicted molar refractivity (Wildman–Crippen MR) is 66.2 cm³/mol. The van der Waals surface area contributed by atoms with Crippen molar-refractivity contribution in [1.29, 1.82) is 0 Å². The average Bonchev–Trinajstić information content (AvgIpc) is 2.65. The molecule has 0 unspecified atom stereocenters. The van der Waals surface area contributed by atoms with Crippen molar-refractivity contribution >= 4 is 22.4 Å². The van der Waals surface area contributed by atoms with Gasteiger partial charge in [0, 0.05) is 19.0 Å². The maximum Gasteiger partial charge on any atom is 0.309 e. The normalized spacial score (nSPS) is 10.4. The molecule has 1 aromatic rings. The second kappa shape index (κ2) is 6.48. The number of carboxylic acids is 1. The molecule has 0 saturated carbocycles. The molecule has 0 aliphatic carbocycles. The van der Waals surface area contributed by atoms with Gasteiger partial charge < -0.3 is 10.0 Å². The predicted octanol–water partition coefficient (Wildman–Crippen LogP) is 2.40. The highest BCUT2D eigenvalue weighted by atomic mass is 32.1. The number of nitrogens with zero attached hydrogens (tertiary/aromatic N) is 2. The first-order valence-electron chi connectivity index (χ1n) is 5.50. The lowest BCUT2D eigenvalue weighted by Crippen LogP contribution is -2.18. The Morgan fingerprint density at radius 2 is 2.31 bits per heavy atom. The highest BCUT2D eigenvalue weighted by Crippen LogP contribution is 2.20. The van der Waals surface area contributed by atoms with Crippen molar-refractivity contribution < 1.29 is 9.90 Å². The number of aliphatic carboxylic acids is 1. The molecule has 0 atom stereocenters. The summed E-state index contributed by atoms with van der Waals surface area (Å²) < 4.78 is 0. The zero-order valence-corrected chi connectivity index (χ0v) is 10.6. The fraction of sp³-hybridized carbons (Fsp3) is 0.636. The maximum atomic E-state index is 10.5. The molecule has 0 spiro atoms. The molecule has 1 heterocycles. The average molecular weight is 242 g/mol. The minimum Gasteiger partial charge on any atom is -0.481 e. The van der Waals surface area contributed by atoms with Crippen molar-refractivity contribution in [2.24, 2.45) is 0 Å². The van der Waals surface area contributed by atoms with Crippen LogP contribution < -0.4 is 4.90 Å². The van der Waals surface area contributed by atoms with Crippen molar-refractivity contribution in [3.63, 3.8) is 0 Å². The van der Waals surface area contributed by atoms with E-state index in [1.807, 2.05) is 12.4 Å². The molecule has 1 N–H and O–H groups in total. The summed E-state index contributed by atoms with van der Waals surface area (Å²) >= 11 is 1.51. The van der Waals surface area contributed by atoms with E-state index < -0.39 is 5.97 Å². The van der Waals surface area contributed by atoms with E-state index in [-0.39, 0.29) is 6.42 Å². The van der Waals surface area contributed by atoms with Crippen LogP contribution in [0.5, 0.6) is 0 Å². The van der Waals surface area contributed by atoms with Gasteiger partial charge in [-0.2, -0.15) is 0 Å². The third-order valence-electron chi connectivity index (χ3n) is 2.30. The minimum atomic E-state index is -0.828. The molecule has 4 nitrogen and oxygen atoms in total. The Labute approximate surface area is 99.9 Å². The Bertz CT molecular complexity index is 338. The van der Waals surface area contributed by atoms with Crippen LogP contribution in [0, 0.1) is 0 Å². The van der Waals surface area contributed by atoms with E-state index in [0.717, 1.165) is 18.1 Å². The first-order valence-corrected chi connectivity index (χ1v) is 6.38. The molecule has 1 aromatic heterocycles. The summed E-state index contributed by atoms with van der Waals surface area (Å²) in [6.07, 6.45) is 3.59. The molecular formula is C11H18N2O2S. The Balaban J connectivity index is 2.46. The van der Waals surface area contributed by atoms with Gasteiger partial charge in [0.2, 0.25) is 0 Å². The number of carbonyl (C=O) groups is 1. The van der Waals surface area contributed by atoms with E-state index in [1.165, 1.54) is 24.2 Å². The summed E-state index contributed by atoms with van der Waals surface area (Å²) in [6, 6.07) is 0. The van der Waals surface area contributed by atoms with Crippen LogP contribution in [0.15, 0.2) is 5.38 Å². The topological polar surface area (TPSA) is 53.4 Å². The largest absolute Gasteiger partial charge is 0.481 e. The lowest BCUT2D eigenvalue weighted by molar-refractivity contribution is -0.136. The molecule has 0 radical (unpaired) electrons. The van der Waals surface area contributed by atoms with E-state index in [0.29, 0.717) is 5.69 Å². The fourth-order valence-electron chi connectivity index (χ4n) is 1.40. The third kappa shape index (κ3) is 4.18. The summed E-state index contributed by atoms with van der Waals surface area (Å²) in [7, 11) is 2.00. The van der Waals surface area contributed by atoms with Gasteiger partial charge in [-0.15, -0.1) is 11.3 Å². The van der Waals surface area contributed by atoms with Gasteiger partial charge in [0.15, 0.2) is 5.13 Å². The van der Waals surface area contributed by atoms with E-state index in [1.54, 1.807) is 0 Å². The Morgan fingerprint density at radius 1 is 1.56 bits per heavy atom. The Morgan fingerprint density at radius 3 is 2.94 bits per heavy atom. The molecule has 0 amide bonds. The van der Waals surface area contributed by atoms with E-state index in [4.69, 9.17) is 5.11 Å². The molecular weight excluding hydrogens is 224 g/mol. The van der Waals surface area contributed by atoms with Gasteiger partial charge in [0.1, 0.15) is 0 Å². The highest BCUT2D eigenvalue weighted by molar-refractivity contribution is 7.13. The molecule has 0 saturated heterocycles. The van der Waals surface area contributed by atoms with E-state index in [2.05, 4.69) is 16.8 Å². The van der Waals surface area contributed by atoms with Gasteiger partial charge in [-0.05, 0) is 6.42 Å². The molecule has 1 rings (SSSR count). The van der Waals surface area contributed by atoms with Crippen LogP contribution in [0.25, 0.3) is 0 Å². The number of carboxylic acid groups (broad SMARTS) is 1. The number of aromatic nitrogens is 1. The second-order valence-electron chi connectivity index (χ2n) is 3.82. The van der Waals surface area contributed by atoms with Crippen LogP contribution >= 0.6 is 11.3 Å². The Kier molecular flexibility index (Phi) is 5.25. The summed E-state index contributed by atoms with van der Waals surface area (Å²) in [5, 5.41) is 11.4. The summed E-state index contributed by atoms with van der Waals surface area (Å²) in [5.41, 5.74) is 0.648. The number of unbranched alkanes of at least 4 members (excludes halogenated alkanes) is 2. The second-order valence-corrected chi connectivity index (χ2v) is 4.66. The molecule has 0 aliphatic rings. The number of thiazole rings is 1. The SMILES string of the molecule is CCCCCN(C)c1nc(CC(=O)O)cs1. The van der Waals surface area contributed by atoms with Crippen molar-refractivity contribution in [2.75, 3.05) is 18.5 Å². The van der Waals surface area contributed by atoms with Crippen molar-refractivity contribution in [3.05, 3.63) is 11.1 Å². The lowest BCUT2D eigenvalue weighted by atomic mass is 10.2. The van der Waals surface area contributed by atoms with Crippen molar-refractivity contribution in [1.82, 2.24) is 4.98 Å². The molecule has 0 bridgehead atoms. The van der Waals surface area contributed by atoms with Gasteiger partial charge in [-0.1, -0.05) is 19.8 Å². The van der Waals surface area contributed by atoms with Crippen LogP contribution in [0.1, 0.15) is 31.9 Å². The smallest absolute Gasteiger partial charge is 0.309 e. The van der Waals surface area contributed by atoms with E-state index in [9.17, 15) is 4.79 Å². The van der Waals surface area contributed by atoms with Crippen molar-refractivity contribution in [2.45, 2.75) is 32.6 Å². The van der Waals surface area contributed by atoms with Crippen LogP contribution in [-0.4, -0.2) is 29.7 Å². The minimum absolute atomic E-state index is 0.0132. The molecule has 90 valence electrons. The van der Waals surface area contributed by atoms with Crippen LogP contribution in [0.3, 0.4) is 0 Å². The molecule has 0 fully saturated rings. The first kappa shape index (κ1) is 13.0. The zero-order chi connectivity index (χ0) is 12.0. The summed E-state index contributed by atoms with van der Waals surface area (Å²) in [5.74, 6) is -0.828. The van der Waals surface area contributed by atoms with Crippen LogP contribution in [0.2, 0.25) is 0 Å². The standard InChI is InChI=1S/C11H18N2O2S/c1-3-4-5-6-13(2)11-12-9(8-16-11)7-10(14)15/h8H,3-7H2,1-2H3,(H,14,15). The van der Waals surface area contributed by atoms with Crippen LogP contribution in [-0.2, 0) is 11.2 Å². The lowest BCUT2D eigenvalue weighted by Gasteiger charge is -2.14. The quantitative estimate of drug-likeness (QED) is 0.746. The monoisotopic (exact) mass is 242 g/mol. The number of rotatable bonds is 7.